The second-order valence-electron chi connectivity index (χ2n) is 4.74. The normalized spacial score (nSPS) is 15.6. The molecule has 92 valence electrons. The molecule has 0 amide bonds. The molecule has 0 saturated heterocycles. The maximum absolute atomic E-state index is 5.65. The molecular weight excluding hydrogens is 186 g/mol. The minimum Gasteiger partial charge on any atom is -0.380 e. The van der Waals surface area contributed by atoms with Crippen LogP contribution in [0.4, 0.5) is 0 Å². The molecule has 0 heterocycles. The van der Waals surface area contributed by atoms with Crippen molar-refractivity contribution in [1.29, 1.82) is 0 Å². The van der Waals surface area contributed by atoms with Gasteiger partial charge < -0.3 is 10.1 Å². The van der Waals surface area contributed by atoms with Gasteiger partial charge in [-0.05, 0) is 31.2 Å². The molecule has 1 N–H and O–H groups in total. The highest BCUT2D eigenvalue weighted by Crippen LogP contribution is 2.15. The molecule has 2 heteroatoms. The summed E-state index contributed by atoms with van der Waals surface area (Å²) in [6.07, 6.45) is 2.30. The third-order valence-corrected chi connectivity index (χ3v) is 2.99. The topological polar surface area (TPSA) is 21.3 Å². The Hall–Kier alpha value is -0.0800. The van der Waals surface area contributed by atoms with Crippen LogP contribution in [0.1, 0.15) is 47.5 Å². The molecule has 0 bridgehead atoms. The maximum Gasteiger partial charge on any atom is 0.0622 e. The van der Waals surface area contributed by atoms with Gasteiger partial charge in [0.05, 0.1) is 6.61 Å². The first-order chi connectivity index (χ1) is 7.13. The molecule has 0 aromatic carbocycles. The molecule has 0 aliphatic heterocycles. The van der Waals surface area contributed by atoms with Crippen LogP contribution in [-0.4, -0.2) is 25.8 Å². The van der Waals surface area contributed by atoms with Gasteiger partial charge >= 0.3 is 0 Å². The van der Waals surface area contributed by atoms with Gasteiger partial charge in [0, 0.05) is 12.6 Å². The number of ether oxygens (including phenoxy) is 1. The second kappa shape index (κ2) is 9.17. The van der Waals surface area contributed by atoms with E-state index >= 15 is 0 Å². The molecule has 0 aromatic rings. The Balaban J connectivity index is 3.93. The Morgan fingerprint density at radius 3 is 2.20 bits per heavy atom. The minimum atomic E-state index is 0.511. The lowest BCUT2D eigenvalue weighted by atomic mass is 9.90. The molecule has 0 fully saturated rings. The van der Waals surface area contributed by atoms with E-state index < -0.39 is 0 Å². The van der Waals surface area contributed by atoms with Crippen molar-refractivity contribution >= 4 is 0 Å². The molecule has 2 atom stereocenters. The highest BCUT2D eigenvalue weighted by molar-refractivity contribution is 4.75. The fourth-order valence-corrected chi connectivity index (χ4v) is 1.55. The Bertz CT molecular complexity index is 136. The van der Waals surface area contributed by atoms with Crippen LogP contribution in [-0.2, 0) is 4.74 Å². The first-order valence-electron chi connectivity index (χ1n) is 6.44. The summed E-state index contributed by atoms with van der Waals surface area (Å²) >= 11 is 0. The molecule has 2 nitrogen and oxygen atoms in total. The summed E-state index contributed by atoms with van der Waals surface area (Å²) < 4.78 is 5.65. The number of hydrogen-bond donors (Lipinski definition) is 1. The summed E-state index contributed by atoms with van der Waals surface area (Å²) in [4.78, 5) is 0. The van der Waals surface area contributed by atoms with Gasteiger partial charge in [-0.3, -0.25) is 0 Å². The number of hydrogen-bond acceptors (Lipinski definition) is 2. The largest absolute Gasteiger partial charge is 0.380 e. The quantitative estimate of drug-likeness (QED) is 0.597. The van der Waals surface area contributed by atoms with Crippen LogP contribution in [0.2, 0.25) is 0 Å². The summed E-state index contributed by atoms with van der Waals surface area (Å²) in [5, 5.41) is 3.58. The highest BCUT2D eigenvalue weighted by Gasteiger charge is 2.19. The van der Waals surface area contributed by atoms with Crippen LogP contribution in [0.5, 0.6) is 0 Å². The number of nitrogens with one attached hydrogen (secondary N) is 1. The van der Waals surface area contributed by atoms with E-state index in [9.17, 15) is 0 Å². The van der Waals surface area contributed by atoms with Gasteiger partial charge in [-0.25, -0.2) is 0 Å². The van der Waals surface area contributed by atoms with Crippen molar-refractivity contribution in [3.63, 3.8) is 0 Å². The van der Waals surface area contributed by atoms with Gasteiger partial charge in [0.1, 0.15) is 0 Å². The fraction of sp³-hybridized carbons (Fsp3) is 1.00. The van der Waals surface area contributed by atoms with Crippen LogP contribution in [0.15, 0.2) is 0 Å². The van der Waals surface area contributed by atoms with Gasteiger partial charge in [-0.15, -0.1) is 0 Å². The lowest BCUT2D eigenvalue weighted by Crippen LogP contribution is -2.41. The summed E-state index contributed by atoms with van der Waals surface area (Å²) in [5.41, 5.74) is 0. The monoisotopic (exact) mass is 215 g/mol. The van der Waals surface area contributed by atoms with Gasteiger partial charge in [-0.2, -0.15) is 0 Å². The van der Waals surface area contributed by atoms with Crippen LogP contribution in [0.3, 0.4) is 0 Å². The molecule has 0 aliphatic carbocycles. The zero-order valence-electron chi connectivity index (χ0n) is 11.2. The Morgan fingerprint density at radius 1 is 1.07 bits per heavy atom. The summed E-state index contributed by atoms with van der Waals surface area (Å²) in [6.45, 7) is 14.1. The molecule has 0 aromatic heterocycles. The molecular formula is C13H29NO. The van der Waals surface area contributed by atoms with E-state index in [0.29, 0.717) is 17.9 Å². The Labute approximate surface area is 95.8 Å². The van der Waals surface area contributed by atoms with Crippen molar-refractivity contribution in [1.82, 2.24) is 5.32 Å². The molecule has 2 unspecified atom stereocenters. The summed E-state index contributed by atoms with van der Waals surface area (Å²) in [6, 6.07) is 0.511. The van der Waals surface area contributed by atoms with Crippen molar-refractivity contribution in [2.45, 2.75) is 53.5 Å². The zero-order valence-corrected chi connectivity index (χ0v) is 11.2. The van der Waals surface area contributed by atoms with Gasteiger partial charge in [0.15, 0.2) is 0 Å². The van der Waals surface area contributed by atoms with E-state index in [1.807, 2.05) is 0 Å². The van der Waals surface area contributed by atoms with Crippen LogP contribution in [0, 0.1) is 11.8 Å². The first kappa shape index (κ1) is 14.9. The van der Waals surface area contributed by atoms with Crippen LogP contribution >= 0.6 is 0 Å². The standard InChI is InChI=1S/C13H29NO/c1-6-8-14-13(10-15-9-7-2)12(5)11(3)4/h11-14H,6-10H2,1-5H3. The smallest absolute Gasteiger partial charge is 0.0622 e. The summed E-state index contributed by atoms with van der Waals surface area (Å²) in [7, 11) is 0. The third kappa shape index (κ3) is 6.91. The van der Waals surface area contributed by atoms with E-state index in [1.54, 1.807) is 0 Å². The molecule has 0 saturated carbocycles. The lowest BCUT2D eigenvalue weighted by Gasteiger charge is -2.27. The predicted octanol–water partition coefficient (Wildman–Crippen LogP) is 3.07. The van der Waals surface area contributed by atoms with E-state index in [0.717, 1.165) is 26.2 Å². The third-order valence-electron chi connectivity index (χ3n) is 2.99. The maximum atomic E-state index is 5.65. The Kier molecular flexibility index (Phi) is 9.12. The molecule has 15 heavy (non-hydrogen) atoms. The van der Waals surface area contributed by atoms with E-state index in [4.69, 9.17) is 4.74 Å². The van der Waals surface area contributed by atoms with Crippen molar-refractivity contribution in [3.8, 4) is 0 Å². The van der Waals surface area contributed by atoms with E-state index in [2.05, 4.69) is 39.9 Å². The molecule has 0 aliphatic rings. The Morgan fingerprint density at radius 2 is 1.73 bits per heavy atom. The van der Waals surface area contributed by atoms with Crippen molar-refractivity contribution in [3.05, 3.63) is 0 Å². The van der Waals surface area contributed by atoms with E-state index in [-0.39, 0.29) is 0 Å². The molecule has 0 radical (unpaired) electrons. The number of rotatable bonds is 9. The van der Waals surface area contributed by atoms with Crippen LogP contribution < -0.4 is 5.32 Å². The first-order valence-corrected chi connectivity index (χ1v) is 6.44. The zero-order chi connectivity index (χ0) is 11.7. The second-order valence-corrected chi connectivity index (χ2v) is 4.74. The average Bonchev–Trinajstić information content (AvgIpc) is 2.22. The van der Waals surface area contributed by atoms with Gasteiger partial charge in [-0.1, -0.05) is 34.6 Å². The summed E-state index contributed by atoms with van der Waals surface area (Å²) in [5.74, 6) is 1.39. The van der Waals surface area contributed by atoms with Crippen molar-refractivity contribution in [2.75, 3.05) is 19.8 Å². The molecule has 0 rings (SSSR count). The SMILES string of the molecule is CCCNC(COCCC)C(C)C(C)C. The predicted molar refractivity (Wildman–Crippen MR) is 67.2 cm³/mol. The van der Waals surface area contributed by atoms with Crippen molar-refractivity contribution < 1.29 is 4.74 Å². The van der Waals surface area contributed by atoms with Crippen molar-refractivity contribution in [2.24, 2.45) is 11.8 Å². The lowest BCUT2D eigenvalue weighted by molar-refractivity contribution is 0.0874. The van der Waals surface area contributed by atoms with E-state index in [1.165, 1.54) is 6.42 Å². The molecule has 0 spiro atoms. The van der Waals surface area contributed by atoms with Gasteiger partial charge in [0.25, 0.3) is 0 Å². The average molecular weight is 215 g/mol. The highest BCUT2D eigenvalue weighted by atomic mass is 16.5. The van der Waals surface area contributed by atoms with Gasteiger partial charge in [0.2, 0.25) is 0 Å². The minimum absolute atomic E-state index is 0.511. The fourth-order valence-electron chi connectivity index (χ4n) is 1.55. The van der Waals surface area contributed by atoms with Crippen LogP contribution in [0.25, 0.3) is 0 Å².